The molecule has 0 aromatic heterocycles. The second-order valence-electron chi connectivity index (χ2n) is 3.50. The first-order valence-electron chi connectivity index (χ1n) is 3.82. The molecule has 2 aliphatic rings. The van der Waals surface area contributed by atoms with Gasteiger partial charge in [-0.25, -0.2) is 0 Å². The Morgan fingerprint density at radius 1 is 1.56 bits per heavy atom. The summed E-state index contributed by atoms with van der Waals surface area (Å²) < 4.78 is 0. The van der Waals surface area contributed by atoms with Gasteiger partial charge in [0, 0.05) is 12.3 Å². The lowest BCUT2D eigenvalue weighted by Crippen LogP contribution is -2.34. The van der Waals surface area contributed by atoms with E-state index in [9.17, 15) is 4.79 Å². The summed E-state index contributed by atoms with van der Waals surface area (Å²) in [6.07, 6.45) is 3.38. The Kier molecular flexibility index (Phi) is 0.961. The standard InChI is InChI=1S/C8H12O/c1-5-4-6-2-3-7(9)8(5)6/h5-6,8H,2-4H2,1H3/t5-,6+,8-/m0/s1. The van der Waals surface area contributed by atoms with Crippen LogP contribution in [-0.2, 0) is 4.79 Å². The van der Waals surface area contributed by atoms with Crippen molar-refractivity contribution < 1.29 is 4.79 Å². The predicted octanol–water partition coefficient (Wildman–Crippen LogP) is 1.62. The molecule has 2 rings (SSSR count). The highest BCUT2D eigenvalue weighted by molar-refractivity contribution is 5.84. The lowest BCUT2D eigenvalue weighted by atomic mass is 9.67. The molecule has 0 radical (unpaired) electrons. The highest BCUT2D eigenvalue weighted by Gasteiger charge is 2.46. The molecule has 0 saturated heterocycles. The molecular formula is C8H12O. The second-order valence-corrected chi connectivity index (χ2v) is 3.50. The fraction of sp³-hybridized carbons (Fsp3) is 0.875. The maximum absolute atomic E-state index is 11.0. The van der Waals surface area contributed by atoms with Crippen LogP contribution in [0.5, 0.6) is 0 Å². The Labute approximate surface area is 55.4 Å². The fourth-order valence-corrected chi connectivity index (χ4v) is 2.41. The van der Waals surface area contributed by atoms with Crippen molar-refractivity contribution >= 4 is 5.78 Å². The molecule has 0 N–H and O–H groups in total. The van der Waals surface area contributed by atoms with E-state index in [2.05, 4.69) is 6.92 Å². The highest BCUT2D eigenvalue weighted by atomic mass is 16.1. The molecule has 0 unspecified atom stereocenters. The topological polar surface area (TPSA) is 17.1 Å². The van der Waals surface area contributed by atoms with Crippen LogP contribution in [0.3, 0.4) is 0 Å². The minimum Gasteiger partial charge on any atom is -0.299 e. The van der Waals surface area contributed by atoms with E-state index < -0.39 is 0 Å². The molecule has 0 bridgehead atoms. The number of carbonyl (C=O) groups excluding carboxylic acids is 1. The maximum Gasteiger partial charge on any atom is 0.136 e. The second kappa shape index (κ2) is 1.59. The van der Waals surface area contributed by atoms with Crippen LogP contribution in [-0.4, -0.2) is 5.78 Å². The van der Waals surface area contributed by atoms with Gasteiger partial charge in [-0.1, -0.05) is 6.92 Å². The normalized spacial score (nSPS) is 48.6. The molecule has 2 aliphatic carbocycles. The molecule has 3 atom stereocenters. The summed E-state index contributed by atoms with van der Waals surface area (Å²) in [6.45, 7) is 2.20. The Morgan fingerprint density at radius 3 is 2.78 bits per heavy atom. The van der Waals surface area contributed by atoms with Gasteiger partial charge in [-0.05, 0) is 24.7 Å². The molecule has 50 valence electrons. The number of ketones is 1. The van der Waals surface area contributed by atoms with E-state index in [0.717, 1.165) is 12.3 Å². The zero-order chi connectivity index (χ0) is 6.43. The summed E-state index contributed by atoms with van der Waals surface area (Å²) >= 11 is 0. The van der Waals surface area contributed by atoms with Crippen molar-refractivity contribution in [1.82, 2.24) is 0 Å². The first-order valence-corrected chi connectivity index (χ1v) is 3.82. The van der Waals surface area contributed by atoms with E-state index in [-0.39, 0.29) is 0 Å². The first kappa shape index (κ1) is 5.45. The summed E-state index contributed by atoms with van der Waals surface area (Å²) in [5.74, 6) is 2.54. The van der Waals surface area contributed by atoms with Crippen molar-refractivity contribution in [3.8, 4) is 0 Å². The largest absolute Gasteiger partial charge is 0.299 e. The molecule has 2 saturated carbocycles. The molecule has 2 fully saturated rings. The van der Waals surface area contributed by atoms with Gasteiger partial charge in [0.1, 0.15) is 5.78 Å². The van der Waals surface area contributed by atoms with Crippen molar-refractivity contribution in [2.45, 2.75) is 26.2 Å². The van der Waals surface area contributed by atoms with Crippen LogP contribution in [0, 0.1) is 17.8 Å². The molecule has 0 aromatic carbocycles. The van der Waals surface area contributed by atoms with Gasteiger partial charge in [-0.2, -0.15) is 0 Å². The fourth-order valence-electron chi connectivity index (χ4n) is 2.41. The smallest absolute Gasteiger partial charge is 0.136 e. The average molecular weight is 124 g/mol. The lowest BCUT2D eigenvalue weighted by molar-refractivity contribution is -0.125. The van der Waals surface area contributed by atoms with Gasteiger partial charge in [-0.3, -0.25) is 4.79 Å². The third-order valence-corrected chi connectivity index (χ3v) is 2.93. The Morgan fingerprint density at radius 2 is 2.33 bits per heavy atom. The van der Waals surface area contributed by atoms with Crippen LogP contribution in [0.15, 0.2) is 0 Å². The van der Waals surface area contributed by atoms with Crippen molar-refractivity contribution in [2.75, 3.05) is 0 Å². The molecule has 0 amide bonds. The van der Waals surface area contributed by atoms with Gasteiger partial charge in [0.25, 0.3) is 0 Å². The van der Waals surface area contributed by atoms with Gasteiger partial charge in [-0.15, -0.1) is 0 Å². The van der Waals surface area contributed by atoms with Gasteiger partial charge >= 0.3 is 0 Å². The quantitative estimate of drug-likeness (QED) is 0.479. The third-order valence-electron chi connectivity index (χ3n) is 2.93. The number of hydrogen-bond acceptors (Lipinski definition) is 1. The van der Waals surface area contributed by atoms with E-state index in [0.29, 0.717) is 17.6 Å². The zero-order valence-corrected chi connectivity index (χ0v) is 5.76. The Balaban J connectivity index is 2.14. The van der Waals surface area contributed by atoms with Gasteiger partial charge < -0.3 is 0 Å². The number of carbonyl (C=O) groups is 1. The maximum atomic E-state index is 11.0. The van der Waals surface area contributed by atoms with Crippen molar-refractivity contribution in [2.24, 2.45) is 17.8 Å². The summed E-state index contributed by atoms with van der Waals surface area (Å²) in [5.41, 5.74) is 0. The van der Waals surface area contributed by atoms with E-state index in [4.69, 9.17) is 0 Å². The SMILES string of the molecule is C[C@H]1C[C@H]2CCC(=O)[C@H]21. The van der Waals surface area contributed by atoms with Gasteiger partial charge in [0.2, 0.25) is 0 Å². The minimum atomic E-state index is 0.491. The van der Waals surface area contributed by atoms with E-state index >= 15 is 0 Å². The van der Waals surface area contributed by atoms with Crippen LogP contribution in [0.25, 0.3) is 0 Å². The molecule has 0 spiro atoms. The van der Waals surface area contributed by atoms with Crippen LogP contribution in [0.2, 0.25) is 0 Å². The Bertz CT molecular complexity index is 151. The van der Waals surface area contributed by atoms with Crippen LogP contribution < -0.4 is 0 Å². The van der Waals surface area contributed by atoms with Gasteiger partial charge in [0.15, 0.2) is 0 Å². The monoisotopic (exact) mass is 124 g/mol. The Hall–Kier alpha value is -0.330. The molecular weight excluding hydrogens is 112 g/mol. The van der Waals surface area contributed by atoms with E-state index in [1.807, 2.05) is 0 Å². The summed E-state index contributed by atoms with van der Waals surface area (Å²) in [6, 6.07) is 0. The molecule has 9 heavy (non-hydrogen) atoms. The zero-order valence-electron chi connectivity index (χ0n) is 5.76. The van der Waals surface area contributed by atoms with Crippen LogP contribution in [0.1, 0.15) is 26.2 Å². The number of rotatable bonds is 0. The molecule has 0 aromatic rings. The molecule has 1 heteroatoms. The number of fused-ring (bicyclic) bond motifs is 1. The summed E-state index contributed by atoms with van der Waals surface area (Å²) in [4.78, 5) is 11.0. The summed E-state index contributed by atoms with van der Waals surface area (Å²) in [5, 5.41) is 0. The van der Waals surface area contributed by atoms with Crippen molar-refractivity contribution in [1.29, 1.82) is 0 Å². The molecule has 1 nitrogen and oxygen atoms in total. The van der Waals surface area contributed by atoms with Crippen LogP contribution >= 0.6 is 0 Å². The summed E-state index contributed by atoms with van der Waals surface area (Å²) in [7, 11) is 0. The third kappa shape index (κ3) is 0.577. The van der Waals surface area contributed by atoms with Crippen molar-refractivity contribution in [3.05, 3.63) is 0 Å². The minimum absolute atomic E-state index is 0.491. The first-order chi connectivity index (χ1) is 4.29. The number of hydrogen-bond donors (Lipinski definition) is 0. The highest BCUT2D eigenvalue weighted by Crippen LogP contribution is 2.48. The predicted molar refractivity (Wildman–Crippen MR) is 35.0 cm³/mol. The van der Waals surface area contributed by atoms with E-state index in [1.165, 1.54) is 12.8 Å². The molecule has 0 aliphatic heterocycles. The van der Waals surface area contributed by atoms with Crippen LogP contribution in [0.4, 0.5) is 0 Å². The number of Topliss-reactive ketones (excluding diaryl/α,β-unsaturated/α-hetero) is 1. The average Bonchev–Trinajstić information content (AvgIpc) is 2.04. The van der Waals surface area contributed by atoms with Gasteiger partial charge in [0.05, 0.1) is 0 Å². The lowest BCUT2D eigenvalue weighted by Gasteiger charge is -2.36. The molecule has 0 heterocycles. The van der Waals surface area contributed by atoms with E-state index in [1.54, 1.807) is 0 Å². The van der Waals surface area contributed by atoms with Crippen molar-refractivity contribution in [3.63, 3.8) is 0 Å².